The molecule has 0 saturated carbocycles. The molecule has 1 N–H and O–H groups in total. The van der Waals surface area contributed by atoms with Crippen LogP contribution in [0.2, 0.25) is 0 Å². The maximum Gasteiger partial charge on any atom is 0.166 e. The number of hydrogen-bond donors (Lipinski definition) is 1. The van der Waals surface area contributed by atoms with Crippen molar-refractivity contribution in [2.45, 2.75) is 13.5 Å². The molecule has 3 nitrogen and oxygen atoms in total. The van der Waals surface area contributed by atoms with Crippen LogP contribution in [-0.2, 0) is 6.61 Å². The molecule has 100 valence electrons. The maximum atomic E-state index is 13.7. The molecule has 0 radical (unpaired) electrons. The van der Waals surface area contributed by atoms with Crippen LogP contribution in [-0.4, -0.2) is 11.7 Å². The third-order valence-corrected chi connectivity index (χ3v) is 2.54. The molecule has 0 aliphatic heterocycles. The maximum absolute atomic E-state index is 13.7. The molecule has 0 unspecified atom stereocenters. The summed E-state index contributed by atoms with van der Waals surface area (Å²) in [7, 11) is 0. The molecule has 0 bridgehead atoms. The number of benzene rings is 2. The van der Waals surface area contributed by atoms with Gasteiger partial charge >= 0.3 is 0 Å². The van der Waals surface area contributed by atoms with E-state index in [0.717, 1.165) is 5.75 Å². The highest BCUT2D eigenvalue weighted by Crippen LogP contribution is 2.26. The minimum Gasteiger partial charge on any atom is -0.494 e. The van der Waals surface area contributed by atoms with Crippen molar-refractivity contribution >= 4 is 0 Å². The van der Waals surface area contributed by atoms with Crippen molar-refractivity contribution in [3.8, 4) is 17.2 Å². The van der Waals surface area contributed by atoms with Gasteiger partial charge in [0.2, 0.25) is 0 Å². The van der Waals surface area contributed by atoms with Crippen LogP contribution in [0.25, 0.3) is 0 Å². The smallest absolute Gasteiger partial charge is 0.166 e. The number of hydrogen-bond acceptors (Lipinski definition) is 3. The summed E-state index contributed by atoms with van der Waals surface area (Å²) in [6.07, 6.45) is 0. The van der Waals surface area contributed by atoms with Crippen LogP contribution in [0.1, 0.15) is 12.5 Å². The predicted octanol–water partition coefficient (Wildman–Crippen LogP) is 3.51. The third kappa shape index (κ3) is 3.45. The van der Waals surface area contributed by atoms with Crippen LogP contribution in [0, 0.1) is 5.82 Å². The van der Waals surface area contributed by atoms with E-state index >= 15 is 0 Å². The molecule has 0 fully saturated rings. The van der Waals surface area contributed by atoms with Gasteiger partial charge in [0, 0.05) is 0 Å². The quantitative estimate of drug-likeness (QED) is 0.896. The number of ether oxygens (including phenoxy) is 2. The summed E-state index contributed by atoms with van der Waals surface area (Å²) in [5, 5.41) is 8.90. The molecule has 0 aromatic heterocycles. The fourth-order valence-corrected chi connectivity index (χ4v) is 1.62. The molecule has 0 aliphatic rings. The second kappa shape index (κ2) is 6.20. The summed E-state index contributed by atoms with van der Waals surface area (Å²) in [5.74, 6) is 0.895. The number of rotatable bonds is 5. The van der Waals surface area contributed by atoms with Crippen molar-refractivity contribution in [2.24, 2.45) is 0 Å². The second-order valence-electron chi connectivity index (χ2n) is 3.93. The first-order chi connectivity index (χ1) is 9.22. The molecule has 19 heavy (non-hydrogen) atoms. The summed E-state index contributed by atoms with van der Waals surface area (Å²) >= 11 is 0. The molecule has 0 atom stereocenters. The minimum atomic E-state index is -0.500. The van der Waals surface area contributed by atoms with Gasteiger partial charge in [-0.15, -0.1) is 0 Å². The van der Waals surface area contributed by atoms with E-state index in [2.05, 4.69) is 0 Å². The third-order valence-electron chi connectivity index (χ3n) is 2.54. The van der Waals surface area contributed by atoms with Gasteiger partial charge in [-0.2, -0.15) is 0 Å². The average molecular weight is 262 g/mol. The summed E-state index contributed by atoms with van der Waals surface area (Å²) in [5.41, 5.74) is 0.511. The monoisotopic (exact) mass is 262 g/mol. The van der Waals surface area contributed by atoms with Crippen LogP contribution >= 0.6 is 0 Å². The Kier molecular flexibility index (Phi) is 4.36. The highest BCUT2D eigenvalue weighted by Gasteiger charge is 2.06. The van der Waals surface area contributed by atoms with Crippen molar-refractivity contribution in [3.05, 3.63) is 53.8 Å². The van der Waals surface area contributed by atoms with Gasteiger partial charge in [-0.05, 0) is 48.9 Å². The average Bonchev–Trinajstić information content (AvgIpc) is 2.43. The molecule has 0 saturated heterocycles. The lowest BCUT2D eigenvalue weighted by Gasteiger charge is -2.08. The molecule has 2 aromatic rings. The van der Waals surface area contributed by atoms with Crippen LogP contribution in [0.15, 0.2) is 42.5 Å². The minimum absolute atomic E-state index is 0.126. The number of halogens is 1. The van der Waals surface area contributed by atoms with E-state index in [1.54, 1.807) is 30.3 Å². The van der Waals surface area contributed by atoms with E-state index < -0.39 is 5.82 Å². The SMILES string of the molecule is CCOc1ccc(Oc2ccc(CO)cc2F)cc1. The van der Waals surface area contributed by atoms with E-state index in [1.807, 2.05) is 6.92 Å². The highest BCUT2D eigenvalue weighted by molar-refractivity contribution is 5.37. The molecule has 0 heterocycles. The predicted molar refractivity (Wildman–Crippen MR) is 70.0 cm³/mol. The van der Waals surface area contributed by atoms with Gasteiger partial charge in [0.1, 0.15) is 11.5 Å². The first-order valence-corrected chi connectivity index (χ1v) is 6.03. The lowest BCUT2D eigenvalue weighted by Crippen LogP contribution is -1.93. The molecule has 0 aliphatic carbocycles. The van der Waals surface area contributed by atoms with E-state index in [9.17, 15) is 4.39 Å². The molecule has 0 amide bonds. The summed E-state index contributed by atoms with van der Waals surface area (Å²) in [6, 6.07) is 11.3. The van der Waals surface area contributed by atoms with Crippen molar-refractivity contribution in [1.29, 1.82) is 0 Å². The molecule has 2 aromatic carbocycles. The Morgan fingerprint density at radius 2 is 1.74 bits per heavy atom. The Balaban J connectivity index is 2.12. The van der Waals surface area contributed by atoms with E-state index in [1.165, 1.54) is 12.1 Å². The zero-order valence-corrected chi connectivity index (χ0v) is 10.6. The van der Waals surface area contributed by atoms with Gasteiger partial charge in [0.05, 0.1) is 13.2 Å². The molecule has 0 spiro atoms. The van der Waals surface area contributed by atoms with Crippen LogP contribution < -0.4 is 9.47 Å². The van der Waals surface area contributed by atoms with Gasteiger partial charge in [-0.1, -0.05) is 6.07 Å². The Labute approximate surface area is 111 Å². The first-order valence-electron chi connectivity index (χ1n) is 6.03. The Morgan fingerprint density at radius 3 is 2.32 bits per heavy atom. The normalized spacial score (nSPS) is 10.3. The van der Waals surface area contributed by atoms with Gasteiger partial charge in [0.15, 0.2) is 11.6 Å². The number of aliphatic hydroxyl groups excluding tert-OH is 1. The van der Waals surface area contributed by atoms with Gasteiger partial charge < -0.3 is 14.6 Å². The summed E-state index contributed by atoms with van der Waals surface area (Å²) in [4.78, 5) is 0. The topological polar surface area (TPSA) is 38.7 Å². The van der Waals surface area contributed by atoms with Crippen molar-refractivity contribution in [2.75, 3.05) is 6.61 Å². The number of aliphatic hydroxyl groups is 1. The standard InChI is InChI=1S/C15H15FO3/c1-2-18-12-4-6-13(7-5-12)19-15-8-3-11(10-17)9-14(15)16/h3-9,17H,2,10H2,1H3. The fourth-order valence-electron chi connectivity index (χ4n) is 1.62. The van der Waals surface area contributed by atoms with E-state index in [0.29, 0.717) is 17.9 Å². The fraction of sp³-hybridized carbons (Fsp3) is 0.200. The lowest BCUT2D eigenvalue weighted by atomic mass is 10.2. The zero-order chi connectivity index (χ0) is 13.7. The molecular formula is C15H15FO3. The second-order valence-corrected chi connectivity index (χ2v) is 3.93. The Hall–Kier alpha value is -2.07. The summed E-state index contributed by atoms with van der Waals surface area (Å²) < 4.78 is 24.4. The van der Waals surface area contributed by atoms with E-state index in [-0.39, 0.29) is 12.4 Å². The van der Waals surface area contributed by atoms with Crippen molar-refractivity contribution in [1.82, 2.24) is 0 Å². The van der Waals surface area contributed by atoms with Crippen LogP contribution in [0.5, 0.6) is 17.2 Å². The first kappa shape index (κ1) is 13.4. The largest absolute Gasteiger partial charge is 0.494 e. The van der Waals surface area contributed by atoms with Gasteiger partial charge in [-0.25, -0.2) is 4.39 Å². The van der Waals surface area contributed by atoms with E-state index in [4.69, 9.17) is 14.6 Å². The van der Waals surface area contributed by atoms with Crippen molar-refractivity contribution < 1.29 is 19.0 Å². The van der Waals surface area contributed by atoms with Crippen molar-refractivity contribution in [3.63, 3.8) is 0 Å². The summed E-state index contributed by atoms with van der Waals surface area (Å²) in [6.45, 7) is 2.31. The Bertz CT molecular complexity index is 538. The molecule has 2 rings (SSSR count). The van der Waals surface area contributed by atoms with Crippen LogP contribution in [0.3, 0.4) is 0 Å². The molecule has 4 heteroatoms. The molecular weight excluding hydrogens is 247 g/mol. The Morgan fingerprint density at radius 1 is 1.05 bits per heavy atom. The van der Waals surface area contributed by atoms with Gasteiger partial charge in [-0.3, -0.25) is 0 Å². The lowest BCUT2D eigenvalue weighted by molar-refractivity contribution is 0.281. The van der Waals surface area contributed by atoms with Gasteiger partial charge in [0.25, 0.3) is 0 Å². The zero-order valence-electron chi connectivity index (χ0n) is 10.6. The van der Waals surface area contributed by atoms with Crippen LogP contribution in [0.4, 0.5) is 4.39 Å². The highest BCUT2D eigenvalue weighted by atomic mass is 19.1.